The fraction of sp³-hybridized carbons (Fsp3) is 0.535. The number of carbonyl (C=O) groups excluding carboxylic acids is 7. The minimum atomic E-state index is -1.40. The van der Waals surface area contributed by atoms with E-state index in [2.05, 4.69) is 57.8 Å². The summed E-state index contributed by atoms with van der Waals surface area (Å²) in [4.78, 5) is 132. The van der Waals surface area contributed by atoms with E-state index in [-0.39, 0.29) is 121 Å². The lowest BCUT2D eigenvalue weighted by Crippen LogP contribution is -2.58. The van der Waals surface area contributed by atoms with Crippen LogP contribution in [0.3, 0.4) is 0 Å². The zero-order valence-corrected chi connectivity index (χ0v) is 58.7. The molecule has 12 atom stereocenters. The van der Waals surface area contributed by atoms with Crippen LogP contribution in [0.5, 0.6) is 0 Å². The van der Waals surface area contributed by atoms with Crippen LogP contribution < -0.4 is 43.0 Å². The molecule has 3 aliphatic heterocycles. The van der Waals surface area contributed by atoms with E-state index < -0.39 is 125 Å². The van der Waals surface area contributed by atoms with Crippen molar-refractivity contribution in [3.63, 3.8) is 0 Å². The highest BCUT2D eigenvalue weighted by Gasteiger charge is 2.48. The summed E-state index contributed by atoms with van der Waals surface area (Å²) in [6.45, 7) is 11.7. The molecule has 11 N–H and O–H groups in total. The Morgan fingerprint density at radius 1 is 0.644 bits per heavy atom. The number of hydrogen-bond acceptors (Lipinski definition) is 19. The lowest BCUT2D eigenvalue weighted by Gasteiger charge is -2.36. The molecule has 30 nitrogen and oxygen atoms in total. The molecule has 3 aliphatic rings. The first kappa shape index (κ1) is 75.9. The summed E-state index contributed by atoms with van der Waals surface area (Å²) < 4.78 is 21.2. The zero-order valence-electron chi connectivity index (χ0n) is 58.7. The van der Waals surface area contributed by atoms with E-state index in [0.29, 0.717) is 11.1 Å². The number of carboxylic acid groups (broad SMARTS) is 2. The van der Waals surface area contributed by atoms with Gasteiger partial charge in [-0.3, -0.25) is 33.6 Å². The van der Waals surface area contributed by atoms with E-state index in [0.717, 1.165) is 30.9 Å². The highest BCUT2D eigenvalue weighted by Crippen LogP contribution is 2.34. The molecule has 7 amide bonds. The molecule has 0 aliphatic carbocycles. The van der Waals surface area contributed by atoms with Gasteiger partial charge in [-0.05, 0) is 97.1 Å². The van der Waals surface area contributed by atoms with Crippen molar-refractivity contribution in [2.24, 2.45) is 22.5 Å². The van der Waals surface area contributed by atoms with Gasteiger partial charge in [-0.2, -0.15) is 0 Å². The molecule has 2 saturated heterocycles. The molecule has 4 aromatic carbocycles. The SMILES string of the molecule is CNC(C)C(=O)NCC(C(=O)N1CCC2OCc3cn(nn3)C(C(=O)O)CCNC(=O)C(Cc3ccc4ccccc4c3)NC(=O)C3C(CCN3C(=O)CC(C)(C)COC(N)C(C)NC)OCc3cn(nn3)C(C(=O)O)CCNC(=O)C(Cc3ccc4ccccc4c3)NC(=O)C21)C(C)(C)C. The molecule has 544 valence electrons. The van der Waals surface area contributed by atoms with E-state index in [1.807, 2.05) is 126 Å². The molecular formula is C71H96N16O14. The van der Waals surface area contributed by atoms with Crippen LogP contribution in [0.2, 0.25) is 0 Å². The van der Waals surface area contributed by atoms with Crippen molar-refractivity contribution in [3.8, 4) is 0 Å². The summed E-state index contributed by atoms with van der Waals surface area (Å²) in [5.41, 5.74) is 6.38. The number of nitrogens with two attached hydrogens (primary N) is 1. The Kier molecular flexibility index (Phi) is 25.5. The Balaban J connectivity index is 1.04. The van der Waals surface area contributed by atoms with Gasteiger partial charge in [-0.1, -0.05) is 130 Å². The molecule has 6 aromatic rings. The fourth-order valence-corrected chi connectivity index (χ4v) is 12.9. The summed E-state index contributed by atoms with van der Waals surface area (Å²) in [6, 6.07) is 17.6. The van der Waals surface area contributed by atoms with Crippen LogP contribution in [0.25, 0.3) is 21.5 Å². The number of nitrogens with one attached hydrogen (secondary N) is 7. The van der Waals surface area contributed by atoms with Crippen molar-refractivity contribution in [1.29, 1.82) is 0 Å². The summed E-state index contributed by atoms with van der Waals surface area (Å²) >= 11 is 0. The van der Waals surface area contributed by atoms with Gasteiger partial charge >= 0.3 is 11.9 Å². The Labute approximate surface area is 586 Å². The highest BCUT2D eigenvalue weighted by molar-refractivity contribution is 5.95. The van der Waals surface area contributed by atoms with Gasteiger partial charge in [0.25, 0.3) is 0 Å². The fourth-order valence-electron chi connectivity index (χ4n) is 12.9. The lowest BCUT2D eigenvalue weighted by atomic mass is 9.79. The first-order valence-corrected chi connectivity index (χ1v) is 34.3. The van der Waals surface area contributed by atoms with E-state index >= 15 is 14.4 Å². The third-order valence-electron chi connectivity index (χ3n) is 19.1. The van der Waals surface area contributed by atoms with Gasteiger partial charge in [-0.15, -0.1) is 10.2 Å². The molecule has 2 fully saturated rings. The molecule has 4 bridgehead atoms. The summed E-state index contributed by atoms with van der Waals surface area (Å²) in [6.07, 6.45) is -0.366. The van der Waals surface area contributed by atoms with Crippen LogP contribution >= 0.6 is 0 Å². The predicted octanol–water partition coefficient (Wildman–Crippen LogP) is 2.29. The first-order chi connectivity index (χ1) is 48.1. The maximum Gasteiger partial charge on any atom is 0.328 e. The van der Waals surface area contributed by atoms with Crippen molar-refractivity contribution in [1.82, 2.24) is 77.0 Å². The molecule has 30 heteroatoms. The van der Waals surface area contributed by atoms with Crippen molar-refractivity contribution in [3.05, 3.63) is 120 Å². The second-order valence-corrected chi connectivity index (χ2v) is 28.3. The average Bonchev–Trinajstić information content (AvgIpc) is 1.72. The van der Waals surface area contributed by atoms with Crippen LogP contribution in [0.1, 0.15) is 115 Å². The molecule has 0 spiro atoms. The van der Waals surface area contributed by atoms with Gasteiger partial charge in [0.1, 0.15) is 41.8 Å². The summed E-state index contributed by atoms with van der Waals surface area (Å²) in [5.74, 6) is -7.56. The number of aliphatic carboxylic acids is 2. The first-order valence-electron chi connectivity index (χ1n) is 34.3. The maximum absolute atomic E-state index is 15.3. The number of carbonyl (C=O) groups is 9. The third kappa shape index (κ3) is 19.6. The van der Waals surface area contributed by atoms with Crippen LogP contribution in [0.4, 0.5) is 0 Å². The van der Waals surface area contributed by atoms with E-state index in [1.165, 1.54) is 22.2 Å². The number of benzene rings is 4. The van der Waals surface area contributed by atoms with Crippen molar-refractivity contribution in [2.45, 2.75) is 173 Å². The lowest BCUT2D eigenvalue weighted by molar-refractivity contribution is -0.148. The number of likely N-dealkylation sites (N-methyl/N-ethyl adjacent to an activating group) is 2. The number of hydrogen-bond donors (Lipinski definition) is 10. The molecule has 5 heterocycles. The maximum atomic E-state index is 15.3. The van der Waals surface area contributed by atoms with Crippen LogP contribution in [-0.2, 0) is 83.4 Å². The van der Waals surface area contributed by atoms with Gasteiger partial charge in [0.2, 0.25) is 41.4 Å². The molecule has 101 heavy (non-hydrogen) atoms. The number of likely N-dealkylation sites (tertiary alicyclic amines) is 2. The predicted molar refractivity (Wildman–Crippen MR) is 371 cm³/mol. The van der Waals surface area contributed by atoms with Gasteiger partial charge in [0.05, 0.1) is 56.4 Å². The van der Waals surface area contributed by atoms with E-state index in [1.54, 1.807) is 21.0 Å². The number of amides is 7. The Bertz CT molecular complexity index is 3930. The van der Waals surface area contributed by atoms with Crippen LogP contribution in [-0.4, -0.2) is 211 Å². The number of rotatable bonds is 18. The van der Waals surface area contributed by atoms with E-state index in [4.69, 9.17) is 19.9 Å². The Morgan fingerprint density at radius 3 is 1.56 bits per heavy atom. The van der Waals surface area contributed by atoms with Gasteiger partial charge in [-0.25, -0.2) is 19.0 Å². The number of nitrogens with zero attached hydrogens (tertiary/aromatic N) is 8. The Hall–Kier alpha value is -9.33. The topological polar surface area (TPSA) is 400 Å². The molecule has 9 rings (SSSR count). The monoisotopic (exact) mass is 1400 g/mol. The van der Waals surface area contributed by atoms with E-state index in [9.17, 15) is 39.0 Å². The van der Waals surface area contributed by atoms with Crippen LogP contribution in [0, 0.1) is 16.7 Å². The normalized spacial score (nSPS) is 23.1. The quantitative estimate of drug-likeness (QED) is 0.0552. The summed E-state index contributed by atoms with van der Waals surface area (Å²) in [5, 5.41) is 62.1. The smallest absolute Gasteiger partial charge is 0.328 e. The Morgan fingerprint density at radius 2 is 1.11 bits per heavy atom. The minimum Gasteiger partial charge on any atom is -0.480 e. The third-order valence-corrected chi connectivity index (χ3v) is 19.1. The van der Waals surface area contributed by atoms with Crippen molar-refractivity contribution < 1.29 is 67.6 Å². The number of fused-ring (bicyclic) bond motifs is 8. The highest BCUT2D eigenvalue weighted by atomic mass is 16.5. The summed E-state index contributed by atoms with van der Waals surface area (Å²) in [7, 11) is 3.38. The molecule has 0 radical (unpaired) electrons. The standard InChI is InChI=1S/C71H96N16O14/c1-41(73-8)61(72)101-40-71(6,7)34-58(88)84-28-24-56-59(84)65(92)78-52(32-43-18-20-45-14-10-12-16-47(45)30-43)63(90)75-26-22-55(69(97)98)87-37-50(81-83-87)39-100-57-25-29-85(67(94)51(70(3,4)5)35-77-62(89)42(2)74-9)60(57)66(93)79-53(33-44-19-21-46-15-11-13-17-48(46)31-44)64(91)76-27-23-54(68(95)96)86-36-49(38-99-56)80-82-86/h10-21,30-31,36-37,41-42,51-57,59-61,73-74H,22-29,32-35,38-40,72H2,1-9H3,(H,75,90)(H,76,91)(H,77,89)(H,78,92)(H,79,93)(H,95,96)(H,97,98). The number of aromatic nitrogens is 6. The molecule has 0 saturated carbocycles. The van der Waals surface area contributed by atoms with Crippen molar-refractivity contribution >= 4 is 74.8 Å². The molecule has 12 unspecified atom stereocenters. The van der Waals surface area contributed by atoms with Gasteiger partial charge < -0.3 is 77.2 Å². The van der Waals surface area contributed by atoms with Gasteiger partial charge in [0, 0.05) is 58.0 Å². The second kappa shape index (κ2) is 33.9. The van der Waals surface area contributed by atoms with Crippen LogP contribution in [0.15, 0.2) is 97.3 Å². The zero-order chi connectivity index (χ0) is 72.9. The average molecular weight is 1400 g/mol. The molecular weight excluding hydrogens is 1300 g/mol. The second-order valence-electron chi connectivity index (χ2n) is 28.3. The van der Waals surface area contributed by atoms with Gasteiger partial charge in [0.15, 0.2) is 12.1 Å². The molecule has 2 aromatic heterocycles. The minimum absolute atomic E-state index is 0.0110. The van der Waals surface area contributed by atoms with Crippen molar-refractivity contribution in [2.75, 3.05) is 53.4 Å². The number of carboxylic acids is 2. The number of ether oxygens (including phenoxy) is 3. The largest absolute Gasteiger partial charge is 0.480 e.